The molecule has 0 aliphatic carbocycles. The number of carboxylic acids is 1. The van der Waals surface area contributed by atoms with Gasteiger partial charge in [-0.15, -0.1) is 0 Å². The Morgan fingerprint density at radius 2 is 2.05 bits per heavy atom. The standard InChI is InChI=1S/C13H15ClO5/c1-13(2,12(16)17)6-7-10(15)8(14)5-9-11(7)19-4-3-18-9/h5,15H,3-4,6H2,1-2H3,(H,16,17). The third kappa shape index (κ3) is 2.56. The van der Waals surface area contributed by atoms with Gasteiger partial charge in [-0.2, -0.15) is 0 Å². The summed E-state index contributed by atoms with van der Waals surface area (Å²) < 4.78 is 10.9. The highest BCUT2D eigenvalue weighted by atomic mass is 35.5. The highest BCUT2D eigenvalue weighted by molar-refractivity contribution is 6.32. The van der Waals surface area contributed by atoms with E-state index in [-0.39, 0.29) is 17.2 Å². The van der Waals surface area contributed by atoms with Gasteiger partial charge in [0, 0.05) is 11.6 Å². The van der Waals surface area contributed by atoms with Gasteiger partial charge in [-0.1, -0.05) is 11.6 Å². The molecule has 0 saturated heterocycles. The molecule has 0 saturated carbocycles. The Kier molecular flexibility index (Phi) is 3.49. The highest BCUT2D eigenvalue weighted by Crippen LogP contribution is 2.45. The number of carboxylic acid groups (broad SMARTS) is 1. The molecule has 5 nitrogen and oxygen atoms in total. The van der Waals surface area contributed by atoms with Crippen LogP contribution >= 0.6 is 11.6 Å². The van der Waals surface area contributed by atoms with Crippen LogP contribution in [0.4, 0.5) is 0 Å². The van der Waals surface area contributed by atoms with Gasteiger partial charge < -0.3 is 19.7 Å². The molecule has 0 fully saturated rings. The summed E-state index contributed by atoms with van der Waals surface area (Å²) in [6, 6.07) is 1.47. The van der Waals surface area contributed by atoms with E-state index in [1.807, 2.05) is 0 Å². The minimum Gasteiger partial charge on any atom is -0.506 e. The fourth-order valence-corrected chi connectivity index (χ4v) is 2.10. The summed E-state index contributed by atoms with van der Waals surface area (Å²) in [6.45, 7) is 3.90. The maximum atomic E-state index is 11.2. The van der Waals surface area contributed by atoms with Crippen LogP contribution in [0.2, 0.25) is 5.02 Å². The second kappa shape index (κ2) is 4.81. The predicted octanol–water partition coefficient (Wildman–Crippen LogP) is 2.47. The lowest BCUT2D eigenvalue weighted by molar-refractivity contribution is -0.146. The topological polar surface area (TPSA) is 76.0 Å². The Morgan fingerprint density at radius 1 is 1.42 bits per heavy atom. The van der Waals surface area contributed by atoms with Crippen molar-refractivity contribution < 1.29 is 24.5 Å². The molecule has 1 aliphatic rings. The molecule has 0 bridgehead atoms. The first-order valence-corrected chi connectivity index (χ1v) is 6.24. The number of phenolic OH excluding ortho intramolecular Hbond substituents is 1. The van der Waals surface area contributed by atoms with E-state index in [0.717, 1.165) is 0 Å². The van der Waals surface area contributed by atoms with Crippen LogP contribution in [0.3, 0.4) is 0 Å². The molecule has 1 heterocycles. The van der Waals surface area contributed by atoms with Crippen LogP contribution in [0.15, 0.2) is 6.07 Å². The molecule has 0 amide bonds. The zero-order valence-corrected chi connectivity index (χ0v) is 11.5. The number of hydrogen-bond donors (Lipinski definition) is 2. The smallest absolute Gasteiger partial charge is 0.309 e. The predicted molar refractivity (Wildman–Crippen MR) is 69.2 cm³/mol. The normalized spacial score (nSPS) is 14.3. The fourth-order valence-electron chi connectivity index (χ4n) is 1.89. The number of halogens is 1. The number of fused-ring (bicyclic) bond motifs is 1. The second-order valence-corrected chi connectivity index (χ2v) is 5.48. The van der Waals surface area contributed by atoms with Crippen molar-refractivity contribution in [2.75, 3.05) is 13.2 Å². The van der Waals surface area contributed by atoms with Gasteiger partial charge >= 0.3 is 5.97 Å². The maximum absolute atomic E-state index is 11.2. The first-order valence-electron chi connectivity index (χ1n) is 5.86. The lowest BCUT2D eigenvalue weighted by atomic mass is 9.85. The molecule has 2 N–H and O–H groups in total. The van der Waals surface area contributed by atoms with E-state index in [4.69, 9.17) is 21.1 Å². The van der Waals surface area contributed by atoms with Gasteiger partial charge in [-0.25, -0.2) is 0 Å². The molecular weight excluding hydrogens is 272 g/mol. The first-order chi connectivity index (χ1) is 8.83. The minimum atomic E-state index is -1.04. The van der Waals surface area contributed by atoms with Crippen molar-refractivity contribution in [3.05, 3.63) is 16.7 Å². The molecule has 1 aromatic carbocycles. The summed E-state index contributed by atoms with van der Waals surface area (Å²) in [5, 5.41) is 19.3. The largest absolute Gasteiger partial charge is 0.506 e. The third-order valence-corrected chi connectivity index (χ3v) is 3.34. The van der Waals surface area contributed by atoms with E-state index >= 15 is 0 Å². The van der Waals surface area contributed by atoms with E-state index in [9.17, 15) is 15.0 Å². The zero-order valence-electron chi connectivity index (χ0n) is 10.7. The number of aromatic hydroxyl groups is 1. The van der Waals surface area contributed by atoms with Crippen LogP contribution in [0.1, 0.15) is 19.4 Å². The van der Waals surface area contributed by atoms with Gasteiger partial charge in [0.25, 0.3) is 0 Å². The van der Waals surface area contributed by atoms with Crippen molar-refractivity contribution in [3.8, 4) is 17.2 Å². The van der Waals surface area contributed by atoms with Crippen molar-refractivity contribution in [2.24, 2.45) is 5.41 Å². The summed E-state index contributed by atoms with van der Waals surface area (Å²) in [5.74, 6) is -0.301. The lowest BCUT2D eigenvalue weighted by Crippen LogP contribution is -2.27. The first kappa shape index (κ1) is 13.8. The Balaban J connectivity index is 2.49. The average Bonchev–Trinajstić information content (AvgIpc) is 2.34. The molecule has 2 rings (SSSR count). The summed E-state index contributed by atoms with van der Waals surface area (Å²) >= 11 is 5.93. The summed E-state index contributed by atoms with van der Waals surface area (Å²) in [6.07, 6.45) is 0.0976. The Hall–Kier alpha value is -1.62. The number of phenols is 1. The van der Waals surface area contributed by atoms with E-state index < -0.39 is 11.4 Å². The zero-order chi connectivity index (χ0) is 14.2. The lowest BCUT2D eigenvalue weighted by Gasteiger charge is -2.26. The van der Waals surface area contributed by atoms with Crippen LogP contribution < -0.4 is 9.47 Å². The third-order valence-electron chi connectivity index (χ3n) is 3.05. The van der Waals surface area contributed by atoms with Gasteiger partial charge in [0.05, 0.1) is 10.4 Å². The quantitative estimate of drug-likeness (QED) is 0.893. The maximum Gasteiger partial charge on any atom is 0.309 e. The van der Waals surface area contributed by atoms with Crippen molar-refractivity contribution in [3.63, 3.8) is 0 Å². The molecule has 1 aliphatic heterocycles. The molecule has 0 aromatic heterocycles. The Morgan fingerprint density at radius 3 is 2.68 bits per heavy atom. The van der Waals surface area contributed by atoms with Crippen LogP contribution in [-0.4, -0.2) is 29.4 Å². The van der Waals surface area contributed by atoms with Crippen molar-refractivity contribution in [2.45, 2.75) is 20.3 Å². The van der Waals surface area contributed by atoms with E-state index in [0.29, 0.717) is 30.3 Å². The summed E-state index contributed by atoms with van der Waals surface area (Å²) in [4.78, 5) is 11.2. The monoisotopic (exact) mass is 286 g/mol. The molecular formula is C13H15ClO5. The number of benzene rings is 1. The molecule has 19 heavy (non-hydrogen) atoms. The minimum absolute atomic E-state index is 0.0976. The van der Waals surface area contributed by atoms with Gasteiger partial charge in [0.1, 0.15) is 19.0 Å². The molecule has 0 unspecified atom stereocenters. The SMILES string of the molecule is CC(C)(Cc1c(O)c(Cl)cc2c1OCCO2)C(=O)O. The van der Waals surface area contributed by atoms with Crippen molar-refractivity contribution in [1.82, 2.24) is 0 Å². The number of carbonyl (C=O) groups is 1. The van der Waals surface area contributed by atoms with E-state index in [1.165, 1.54) is 6.07 Å². The number of hydrogen-bond acceptors (Lipinski definition) is 4. The van der Waals surface area contributed by atoms with Crippen LogP contribution in [0.25, 0.3) is 0 Å². The molecule has 0 atom stereocenters. The number of rotatable bonds is 3. The van der Waals surface area contributed by atoms with Crippen molar-refractivity contribution in [1.29, 1.82) is 0 Å². The van der Waals surface area contributed by atoms with Gasteiger partial charge in [0.2, 0.25) is 0 Å². The summed E-state index contributed by atoms with van der Waals surface area (Å²) in [5.41, 5.74) is -0.675. The molecule has 0 spiro atoms. The van der Waals surface area contributed by atoms with E-state index in [2.05, 4.69) is 0 Å². The Bertz CT molecular complexity index is 524. The second-order valence-electron chi connectivity index (χ2n) is 5.08. The summed E-state index contributed by atoms with van der Waals surface area (Å²) in [7, 11) is 0. The molecule has 0 radical (unpaired) electrons. The average molecular weight is 287 g/mol. The van der Waals surface area contributed by atoms with Crippen LogP contribution in [0.5, 0.6) is 17.2 Å². The molecule has 1 aromatic rings. The van der Waals surface area contributed by atoms with E-state index in [1.54, 1.807) is 13.8 Å². The van der Waals surface area contributed by atoms with Crippen LogP contribution in [0, 0.1) is 5.41 Å². The van der Waals surface area contributed by atoms with Crippen LogP contribution in [-0.2, 0) is 11.2 Å². The van der Waals surface area contributed by atoms with Gasteiger partial charge in [-0.3, -0.25) is 4.79 Å². The number of aliphatic carboxylic acids is 1. The van der Waals surface area contributed by atoms with Gasteiger partial charge in [-0.05, 0) is 20.3 Å². The molecule has 104 valence electrons. The number of ether oxygens (including phenoxy) is 2. The molecule has 6 heteroatoms. The Labute approximate surface area is 115 Å². The fraction of sp³-hybridized carbons (Fsp3) is 0.462. The van der Waals surface area contributed by atoms with Gasteiger partial charge in [0.15, 0.2) is 11.5 Å². The highest BCUT2D eigenvalue weighted by Gasteiger charge is 2.32. The van der Waals surface area contributed by atoms with Crippen molar-refractivity contribution >= 4 is 17.6 Å².